The first-order valence-electron chi connectivity index (χ1n) is 7.42. The molecule has 8 heteroatoms. The van der Waals surface area contributed by atoms with E-state index in [1.165, 1.54) is 12.3 Å². The summed E-state index contributed by atoms with van der Waals surface area (Å²) in [6, 6.07) is 15.1. The highest BCUT2D eigenvalue weighted by molar-refractivity contribution is 6.39. The predicted molar refractivity (Wildman–Crippen MR) is 101 cm³/mol. The quantitative estimate of drug-likeness (QED) is 0.683. The number of halogens is 2. The van der Waals surface area contributed by atoms with Crippen LogP contribution in [0.1, 0.15) is 16.1 Å². The summed E-state index contributed by atoms with van der Waals surface area (Å²) in [5.41, 5.74) is 1.54. The minimum absolute atomic E-state index is 0.146. The van der Waals surface area contributed by atoms with E-state index in [1.54, 1.807) is 42.5 Å². The third-order valence-corrected chi connectivity index (χ3v) is 3.97. The topological polar surface area (TPSA) is 90.7 Å². The van der Waals surface area contributed by atoms with Crippen molar-refractivity contribution in [2.24, 2.45) is 0 Å². The Kier molecular flexibility index (Phi) is 5.32. The molecule has 0 fully saturated rings. The summed E-state index contributed by atoms with van der Waals surface area (Å²) in [5.74, 6) is -0.255. The van der Waals surface area contributed by atoms with Gasteiger partial charge in [-0.3, -0.25) is 4.79 Å². The molecule has 128 valence electrons. The zero-order chi connectivity index (χ0) is 18.5. The number of hydrogen-bond donors (Lipinski definition) is 2. The van der Waals surface area contributed by atoms with E-state index in [4.69, 9.17) is 28.5 Å². The van der Waals surface area contributed by atoms with Gasteiger partial charge in [0.25, 0.3) is 5.91 Å². The Morgan fingerprint density at radius 2 is 1.81 bits per heavy atom. The van der Waals surface area contributed by atoms with E-state index in [1.807, 2.05) is 6.07 Å². The second kappa shape index (κ2) is 7.83. The number of para-hydroxylation sites is 1. The lowest BCUT2D eigenvalue weighted by Crippen LogP contribution is -2.15. The molecular weight excluding hydrogens is 373 g/mol. The summed E-state index contributed by atoms with van der Waals surface area (Å²) in [5, 5.41) is 15.3. The smallest absolute Gasteiger partial charge is 0.274 e. The zero-order valence-corrected chi connectivity index (χ0v) is 14.7. The van der Waals surface area contributed by atoms with Crippen molar-refractivity contribution < 1.29 is 4.79 Å². The number of anilines is 3. The van der Waals surface area contributed by atoms with Gasteiger partial charge in [-0.05, 0) is 36.4 Å². The molecule has 0 aliphatic heterocycles. The minimum atomic E-state index is -0.434. The maximum absolute atomic E-state index is 12.4. The van der Waals surface area contributed by atoms with Crippen molar-refractivity contribution in [2.45, 2.75) is 0 Å². The minimum Gasteiger partial charge on any atom is -0.322 e. The highest BCUT2D eigenvalue weighted by Crippen LogP contribution is 2.31. The first-order valence-corrected chi connectivity index (χ1v) is 8.18. The maximum Gasteiger partial charge on any atom is 0.274 e. The van der Waals surface area contributed by atoms with Crippen molar-refractivity contribution in [2.75, 3.05) is 10.6 Å². The normalized spacial score (nSPS) is 10.0. The fraction of sp³-hybridized carbons (Fsp3) is 0. The molecule has 0 unspecified atom stereocenters. The van der Waals surface area contributed by atoms with Gasteiger partial charge in [0.2, 0.25) is 5.95 Å². The summed E-state index contributed by atoms with van der Waals surface area (Å²) >= 11 is 12.2. The summed E-state index contributed by atoms with van der Waals surface area (Å²) in [7, 11) is 0. The van der Waals surface area contributed by atoms with E-state index < -0.39 is 5.91 Å². The van der Waals surface area contributed by atoms with E-state index in [0.717, 1.165) is 0 Å². The van der Waals surface area contributed by atoms with Gasteiger partial charge < -0.3 is 10.6 Å². The van der Waals surface area contributed by atoms with Crippen molar-refractivity contribution in [1.82, 2.24) is 9.97 Å². The van der Waals surface area contributed by atoms with Crippen LogP contribution in [0.25, 0.3) is 0 Å². The van der Waals surface area contributed by atoms with E-state index in [-0.39, 0.29) is 11.6 Å². The lowest BCUT2D eigenvalue weighted by Gasteiger charge is -2.10. The fourth-order valence-electron chi connectivity index (χ4n) is 2.14. The molecule has 2 aromatic carbocycles. The largest absolute Gasteiger partial charge is 0.322 e. The molecule has 3 rings (SSSR count). The first kappa shape index (κ1) is 17.7. The molecule has 1 heterocycles. The molecular formula is C18H11Cl2N5O. The molecule has 0 radical (unpaired) electrons. The molecule has 0 saturated carbocycles. The highest BCUT2D eigenvalue weighted by atomic mass is 35.5. The monoisotopic (exact) mass is 383 g/mol. The Morgan fingerprint density at radius 1 is 1.08 bits per heavy atom. The molecule has 26 heavy (non-hydrogen) atoms. The number of rotatable bonds is 4. The van der Waals surface area contributed by atoms with Crippen LogP contribution in [0.15, 0.2) is 54.7 Å². The summed E-state index contributed by atoms with van der Waals surface area (Å²) < 4.78 is 0. The van der Waals surface area contributed by atoms with E-state index in [9.17, 15) is 4.79 Å². The van der Waals surface area contributed by atoms with Gasteiger partial charge in [0.15, 0.2) is 0 Å². The van der Waals surface area contributed by atoms with Gasteiger partial charge in [-0.15, -0.1) is 0 Å². The van der Waals surface area contributed by atoms with Gasteiger partial charge in [0, 0.05) is 11.9 Å². The number of carbonyl (C=O) groups is 1. The highest BCUT2D eigenvalue weighted by Gasteiger charge is 2.12. The number of benzene rings is 2. The van der Waals surface area contributed by atoms with Crippen molar-refractivity contribution >= 4 is 46.4 Å². The lowest BCUT2D eigenvalue weighted by molar-refractivity contribution is 0.102. The van der Waals surface area contributed by atoms with Crippen LogP contribution >= 0.6 is 23.2 Å². The summed E-state index contributed by atoms with van der Waals surface area (Å²) in [6.07, 6.45) is 1.45. The number of hydrogen-bond acceptors (Lipinski definition) is 5. The number of nitrogens with one attached hydrogen (secondary N) is 2. The van der Waals surface area contributed by atoms with Crippen LogP contribution in [0.4, 0.5) is 17.3 Å². The molecule has 0 atom stereocenters. The molecule has 2 N–H and O–H groups in total. The van der Waals surface area contributed by atoms with Gasteiger partial charge in [0.05, 0.1) is 27.4 Å². The van der Waals surface area contributed by atoms with Crippen LogP contribution in [0.3, 0.4) is 0 Å². The van der Waals surface area contributed by atoms with Gasteiger partial charge in [-0.1, -0.05) is 35.3 Å². The van der Waals surface area contributed by atoms with E-state index >= 15 is 0 Å². The van der Waals surface area contributed by atoms with Crippen molar-refractivity contribution in [1.29, 1.82) is 5.26 Å². The Bertz CT molecular complexity index is 996. The molecule has 1 amide bonds. The summed E-state index contributed by atoms with van der Waals surface area (Å²) in [6.45, 7) is 0. The van der Waals surface area contributed by atoms with Crippen LogP contribution in [0.2, 0.25) is 10.0 Å². The van der Waals surface area contributed by atoms with Gasteiger partial charge >= 0.3 is 0 Å². The fourth-order valence-corrected chi connectivity index (χ4v) is 2.63. The molecule has 0 aliphatic rings. The van der Waals surface area contributed by atoms with E-state index in [2.05, 4.69) is 20.6 Å². The summed E-state index contributed by atoms with van der Waals surface area (Å²) in [4.78, 5) is 20.6. The third-order valence-electron chi connectivity index (χ3n) is 3.34. The molecule has 6 nitrogen and oxygen atoms in total. The van der Waals surface area contributed by atoms with Gasteiger partial charge in [-0.25, -0.2) is 9.97 Å². The molecule has 0 bridgehead atoms. The third kappa shape index (κ3) is 4.09. The van der Waals surface area contributed by atoms with E-state index in [0.29, 0.717) is 27.0 Å². The Hall–Kier alpha value is -3.14. The number of carbonyl (C=O) groups excluding carboxylic acids is 1. The van der Waals surface area contributed by atoms with Crippen molar-refractivity contribution in [3.05, 3.63) is 76.0 Å². The lowest BCUT2D eigenvalue weighted by atomic mass is 10.2. The first-order chi connectivity index (χ1) is 12.6. The maximum atomic E-state index is 12.4. The molecule has 0 saturated heterocycles. The number of amides is 1. The molecule has 0 spiro atoms. The average molecular weight is 384 g/mol. The van der Waals surface area contributed by atoms with Gasteiger partial charge in [-0.2, -0.15) is 5.26 Å². The Labute approximate surface area is 159 Å². The Morgan fingerprint density at radius 3 is 2.54 bits per heavy atom. The van der Waals surface area contributed by atoms with Crippen LogP contribution in [0, 0.1) is 11.3 Å². The second-order valence-electron chi connectivity index (χ2n) is 5.13. The Balaban J connectivity index is 1.80. The van der Waals surface area contributed by atoms with Crippen molar-refractivity contribution in [3.8, 4) is 6.07 Å². The van der Waals surface area contributed by atoms with Crippen LogP contribution in [0.5, 0.6) is 0 Å². The van der Waals surface area contributed by atoms with Crippen LogP contribution in [-0.2, 0) is 0 Å². The number of nitriles is 1. The number of aromatic nitrogens is 2. The standard InChI is InChI=1S/C18H11Cl2N5O/c19-13-5-2-6-14(20)16(13)25-18-22-8-7-15(24-18)17(26)23-12-4-1-3-11(9-12)10-21/h1-9H,(H,23,26)(H,22,24,25). The van der Waals surface area contributed by atoms with Crippen LogP contribution < -0.4 is 10.6 Å². The average Bonchev–Trinajstić information content (AvgIpc) is 2.65. The second-order valence-corrected chi connectivity index (χ2v) is 5.95. The molecule has 1 aromatic heterocycles. The number of nitrogens with zero attached hydrogens (tertiary/aromatic N) is 3. The molecule has 0 aliphatic carbocycles. The molecule has 3 aromatic rings. The van der Waals surface area contributed by atoms with Crippen molar-refractivity contribution in [3.63, 3.8) is 0 Å². The van der Waals surface area contributed by atoms with Gasteiger partial charge in [0.1, 0.15) is 5.69 Å². The predicted octanol–water partition coefficient (Wildman–Crippen LogP) is 4.65. The zero-order valence-electron chi connectivity index (χ0n) is 13.2. The SMILES string of the molecule is N#Cc1cccc(NC(=O)c2ccnc(Nc3c(Cl)cccc3Cl)n2)c1. The van der Waals surface area contributed by atoms with Crippen LogP contribution in [-0.4, -0.2) is 15.9 Å².